The maximum absolute atomic E-state index is 13.7. The van der Waals surface area contributed by atoms with Crippen LogP contribution in [0.4, 0.5) is 10.1 Å². The molecule has 0 saturated heterocycles. The topological polar surface area (TPSA) is 29.1 Å². The summed E-state index contributed by atoms with van der Waals surface area (Å²) < 4.78 is 13.7. The van der Waals surface area contributed by atoms with Crippen LogP contribution in [0.15, 0.2) is 36.4 Å². The van der Waals surface area contributed by atoms with E-state index in [9.17, 15) is 9.18 Å². The van der Waals surface area contributed by atoms with E-state index < -0.39 is 11.7 Å². The third-order valence-corrected chi connectivity index (χ3v) is 3.11. The SMILES string of the molecule is Cc1ccc(C(=O)Nc2cc(Cl)ccc2Cl)c(F)c1. The maximum atomic E-state index is 13.7. The third-order valence-electron chi connectivity index (χ3n) is 2.55. The van der Waals surface area contributed by atoms with E-state index in [4.69, 9.17) is 23.2 Å². The van der Waals surface area contributed by atoms with E-state index in [1.54, 1.807) is 25.1 Å². The Bertz CT molecular complexity index is 643. The fraction of sp³-hybridized carbons (Fsp3) is 0.0714. The molecule has 0 radical (unpaired) electrons. The predicted octanol–water partition coefficient (Wildman–Crippen LogP) is 4.69. The van der Waals surface area contributed by atoms with Crippen molar-refractivity contribution >= 4 is 34.8 Å². The molecule has 0 unspecified atom stereocenters. The Morgan fingerprint density at radius 1 is 1.16 bits per heavy atom. The number of halogens is 3. The van der Waals surface area contributed by atoms with Crippen LogP contribution in [0.5, 0.6) is 0 Å². The van der Waals surface area contributed by atoms with E-state index in [1.807, 2.05) is 0 Å². The fourth-order valence-electron chi connectivity index (χ4n) is 1.59. The molecular weight excluding hydrogens is 288 g/mol. The van der Waals surface area contributed by atoms with Crippen LogP contribution in [0.3, 0.4) is 0 Å². The normalized spacial score (nSPS) is 10.3. The average molecular weight is 298 g/mol. The van der Waals surface area contributed by atoms with Gasteiger partial charge in [-0.3, -0.25) is 4.79 Å². The van der Waals surface area contributed by atoms with Crippen molar-refractivity contribution in [3.05, 3.63) is 63.4 Å². The summed E-state index contributed by atoms with van der Waals surface area (Å²) in [5, 5.41) is 3.30. The highest BCUT2D eigenvalue weighted by atomic mass is 35.5. The lowest BCUT2D eigenvalue weighted by Crippen LogP contribution is -2.14. The number of aryl methyl sites for hydroxylation is 1. The van der Waals surface area contributed by atoms with Gasteiger partial charge in [-0.1, -0.05) is 29.3 Å². The minimum atomic E-state index is -0.573. The molecule has 0 aliphatic rings. The molecule has 2 nitrogen and oxygen atoms in total. The number of hydrogen-bond donors (Lipinski definition) is 1. The van der Waals surface area contributed by atoms with E-state index in [1.165, 1.54) is 18.2 Å². The first-order valence-corrected chi connectivity index (χ1v) is 6.25. The molecule has 2 rings (SSSR count). The second-order valence-electron chi connectivity index (χ2n) is 4.06. The number of amides is 1. The van der Waals surface area contributed by atoms with Crippen LogP contribution in [0.1, 0.15) is 15.9 Å². The van der Waals surface area contributed by atoms with Gasteiger partial charge in [0, 0.05) is 5.02 Å². The lowest BCUT2D eigenvalue weighted by atomic mass is 10.1. The van der Waals surface area contributed by atoms with Gasteiger partial charge in [-0.05, 0) is 42.8 Å². The first-order valence-electron chi connectivity index (χ1n) is 5.50. The largest absolute Gasteiger partial charge is 0.320 e. The molecule has 0 aliphatic heterocycles. The minimum Gasteiger partial charge on any atom is -0.320 e. The molecule has 2 aromatic carbocycles. The molecule has 98 valence electrons. The van der Waals surface area contributed by atoms with Crippen molar-refractivity contribution in [1.82, 2.24) is 0 Å². The number of benzene rings is 2. The first kappa shape index (κ1) is 13.8. The van der Waals surface area contributed by atoms with Crippen molar-refractivity contribution in [2.24, 2.45) is 0 Å². The van der Waals surface area contributed by atoms with Gasteiger partial charge >= 0.3 is 0 Å². The fourth-order valence-corrected chi connectivity index (χ4v) is 1.92. The van der Waals surface area contributed by atoms with Crippen molar-refractivity contribution < 1.29 is 9.18 Å². The van der Waals surface area contributed by atoms with Gasteiger partial charge < -0.3 is 5.32 Å². The molecule has 1 N–H and O–H groups in total. The van der Waals surface area contributed by atoms with Gasteiger partial charge in [0.25, 0.3) is 5.91 Å². The molecule has 5 heteroatoms. The molecule has 0 heterocycles. The first-order chi connectivity index (χ1) is 8.97. The molecule has 0 atom stereocenters. The average Bonchev–Trinajstić information content (AvgIpc) is 2.33. The summed E-state index contributed by atoms with van der Waals surface area (Å²) in [4.78, 5) is 12.0. The van der Waals surface area contributed by atoms with Crippen molar-refractivity contribution in [3.8, 4) is 0 Å². The number of hydrogen-bond acceptors (Lipinski definition) is 1. The molecule has 0 spiro atoms. The molecule has 1 amide bonds. The van der Waals surface area contributed by atoms with Crippen molar-refractivity contribution in [1.29, 1.82) is 0 Å². The Kier molecular flexibility index (Phi) is 4.08. The van der Waals surface area contributed by atoms with Gasteiger partial charge in [-0.15, -0.1) is 0 Å². The van der Waals surface area contributed by atoms with Gasteiger partial charge in [0.2, 0.25) is 0 Å². The zero-order chi connectivity index (χ0) is 14.0. The number of anilines is 1. The highest BCUT2D eigenvalue weighted by molar-refractivity contribution is 6.35. The Hall–Kier alpha value is -1.58. The van der Waals surface area contributed by atoms with Crippen molar-refractivity contribution in [2.75, 3.05) is 5.32 Å². The van der Waals surface area contributed by atoms with E-state index in [2.05, 4.69) is 5.32 Å². The summed E-state index contributed by atoms with van der Waals surface area (Å²) in [6.07, 6.45) is 0. The second-order valence-corrected chi connectivity index (χ2v) is 4.91. The predicted molar refractivity (Wildman–Crippen MR) is 75.6 cm³/mol. The van der Waals surface area contributed by atoms with Crippen molar-refractivity contribution in [2.45, 2.75) is 6.92 Å². The monoisotopic (exact) mass is 297 g/mol. The molecular formula is C14H10Cl2FNO. The van der Waals surface area contributed by atoms with Crippen LogP contribution in [-0.4, -0.2) is 5.91 Å². The maximum Gasteiger partial charge on any atom is 0.258 e. The van der Waals surface area contributed by atoms with E-state index in [0.29, 0.717) is 15.7 Å². The van der Waals surface area contributed by atoms with E-state index in [0.717, 1.165) is 5.56 Å². The Balaban J connectivity index is 2.28. The molecule has 0 aromatic heterocycles. The summed E-state index contributed by atoms with van der Waals surface area (Å²) in [7, 11) is 0. The van der Waals surface area contributed by atoms with Crippen molar-refractivity contribution in [3.63, 3.8) is 0 Å². The van der Waals surface area contributed by atoms with Gasteiger partial charge in [0.05, 0.1) is 16.3 Å². The summed E-state index contributed by atoms with van der Waals surface area (Å²) in [5.41, 5.74) is 1.05. The number of carbonyl (C=O) groups excluding carboxylic acids is 1. The van der Waals surface area contributed by atoms with Gasteiger partial charge in [0.1, 0.15) is 5.82 Å². The van der Waals surface area contributed by atoms with E-state index in [-0.39, 0.29) is 5.56 Å². The summed E-state index contributed by atoms with van der Waals surface area (Å²) in [5.74, 6) is -1.14. The smallest absolute Gasteiger partial charge is 0.258 e. The molecule has 0 bridgehead atoms. The molecule has 0 aliphatic carbocycles. The van der Waals surface area contributed by atoms with Crippen LogP contribution in [0.2, 0.25) is 10.0 Å². The van der Waals surface area contributed by atoms with Gasteiger partial charge in [-0.25, -0.2) is 4.39 Å². The second kappa shape index (κ2) is 5.59. The lowest BCUT2D eigenvalue weighted by Gasteiger charge is -2.08. The zero-order valence-electron chi connectivity index (χ0n) is 10.0. The van der Waals surface area contributed by atoms with Gasteiger partial charge in [-0.2, -0.15) is 0 Å². The molecule has 19 heavy (non-hydrogen) atoms. The van der Waals surface area contributed by atoms with Crippen LogP contribution < -0.4 is 5.32 Å². The van der Waals surface area contributed by atoms with Gasteiger partial charge in [0.15, 0.2) is 0 Å². The molecule has 0 fully saturated rings. The third kappa shape index (κ3) is 3.25. The Morgan fingerprint density at radius 3 is 2.58 bits per heavy atom. The Morgan fingerprint density at radius 2 is 1.89 bits per heavy atom. The minimum absolute atomic E-state index is 0.0401. The summed E-state index contributed by atoms with van der Waals surface area (Å²) >= 11 is 11.7. The number of carbonyl (C=O) groups is 1. The molecule has 2 aromatic rings. The summed E-state index contributed by atoms with van der Waals surface area (Å²) in [6, 6.07) is 9.06. The highest BCUT2D eigenvalue weighted by Crippen LogP contribution is 2.26. The number of nitrogens with one attached hydrogen (secondary N) is 1. The number of rotatable bonds is 2. The Labute approximate surface area is 120 Å². The van der Waals surface area contributed by atoms with Crippen LogP contribution in [-0.2, 0) is 0 Å². The highest BCUT2D eigenvalue weighted by Gasteiger charge is 2.13. The van der Waals surface area contributed by atoms with Crippen LogP contribution in [0.25, 0.3) is 0 Å². The summed E-state index contributed by atoms with van der Waals surface area (Å²) in [6.45, 7) is 1.75. The van der Waals surface area contributed by atoms with Crippen LogP contribution >= 0.6 is 23.2 Å². The molecule has 0 saturated carbocycles. The lowest BCUT2D eigenvalue weighted by molar-refractivity contribution is 0.102. The van der Waals surface area contributed by atoms with Crippen LogP contribution in [0, 0.1) is 12.7 Å². The quantitative estimate of drug-likeness (QED) is 0.856. The zero-order valence-corrected chi connectivity index (χ0v) is 11.5. The standard InChI is InChI=1S/C14H10Cl2FNO/c1-8-2-4-10(12(17)6-8)14(19)18-13-7-9(15)3-5-11(13)16/h2-7H,1H3,(H,18,19). The van der Waals surface area contributed by atoms with E-state index >= 15 is 0 Å².